The average molecular weight is 381 g/mol. The zero-order valence-corrected chi connectivity index (χ0v) is 19.4. The van der Waals surface area contributed by atoms with Crippen LogP contribution in [-0.4, -0.2) is 22.4 Å². The van der Waals surface area contributed by atoms with Crippen LogP contribution in [0.1, 0.15) is 93.9 Å². The molecule has 2 aliphatic carbocycles. The van der Waals surface area contributed by atoms with Gasteiger partial charge in [0.1, 0.15) is 0 Å². The van der Waals surface area contributed by atoms with Gasteiger partial charge in [0.25, 0.3) is 0 Å². The van der Waals surface area contributed by atoms with Gasteiger partial charge in [-0.15, -0.1) is 0 Å². The number of hydrogen-bond donors (Lipinski definition) is 2. The van der Waals surface area contributed by atoms with Crippen molar-refractivity contribution in [2.45, 2.75) is 106 Å². The minimum Gasteiger partial charge on any atom is -0.393 e. The fraction of sp³-hybridized carbons (Fsp3) is 1.00. The first-order chi connectivity index (χ1) is 12.5. The summed E-state index contributed by atoms with van der Waals surface area (Å²) in [7, 11) is 0. The summed E-state index contributed by atoms with van der Waals surface area (Å²) in [6.45, 7) is 18.5. The third-order valence-electron chi connectivity index (χ3n) is 9.26. The van der Waals surface area contributed by atoms with Gasteiger partial charge in [-0.3, -0.25) is 0 Å². The van der Waals surface area contributed by atoms with Crippen molar-refractivity contribution in [3.63, 3.8) is 0 Å². The topological polar surface area (TPSA) is 40.5 Å². The highest BCUT2D eigenvalue weighted by Gasteiger charge is 2.51. The van der Waals surface area contributed by atoms with Gasteiger partial charge in [0.2, 0.25) is 0 Å². The van der Waals surface area contributed by atoms with Crippen molar-refractivity contribution in [3.8, 4) is 0 Å². The predicted molar refractivity (Wildman–Crippen MR) is 115 cm³/mol. The molecule has 0 aromatic rings. The molecule has 2 saturated carbocycles. The van der Waals surface area contributed by atoms with E-state index >= 15 is 0 Å². The van der Waals surface area contributed by atoms with Crippen LogP contribution in [0.5, 0.6) is 0 Å². The van der Waals surface area contributed by atoms with Gasteiger partial charge in [0.05, 0.1) is 12.2 Å². The second-order valence-corrected chi connectivity index (χ2v) is 11.2. The second kappa shape index (κ2) is 9.16. The van der Waals surface area contributed by atoms with E-state index in [1.165, 1.54) is 12.8 Å². The van der Waals surface area contributed by atoms with Crippen molar-refractivity contribution in [1.82, 2.24) is 0 Å². The fourth-order valence-corrected chi connectivity index (χ4v) is 6.51. The Morgan fingerprint density at radius 1 is 0.741 bits per heavy atom. The van der Waals surface area contributed by atoms with Gasteiger partial charge in [-0.05, 0) is 78.4 Å². The Morgan fingerprint density at radius 3 is 1.37 bits per heavy atom. The highest BCUT2D eigenvalue weighted by molar-refractivity contribution is 5.00. The van der Waals surface area contributed by atoms with Gasteiger partial charge in [0, 0.05) is 0 Å². The van der Waals surface area contributed by atoms with E-state index < -0.39 is 0 Å². The Kier molecular flexibility index (Phi) is 7.87. The van der Waals surface area contributed by atoms with Crippen LogP contribution in [0.25, 0.3) is 0 Å². The molecule has 0 heterocycles. The molecule has 10 unspecified atom stereocenters. The third kappa shape index (κ3) is 4.74. The Morgan fingerprint density at radius 2 is 1.07 bits per heavy atom. The SMILES string of the molecule is CCC(C)C1CC(C)C(O)C(C(C)(C)C2CC(C(C)CC)CC(C)C2O)C1. The van der Waals surface area contributed by atoms with Crippen LogP contribution in [0.15, 0.2) is 0 Å². The minimum absolute atomic E-state index is 0.0282. The van der Waals surface area contributed by atoms with E-state index in [9.17, 15) is 10.2 Å². The lowest BCUT2D eigenvalue weighted by Crippen LogP contribution is -2.52. The van der Waals surface area contributed by atoms with Crippen molar-refractivity contribution in [2.24, 2.45) is 52.8 Å². The quantitative estimate of drug-likeness (QED) is 0.580. The molecule has 10 atom stereocenters. The first-order valence-electron chi connectivity index (χ1n) is 11.9. The zero-order valence-electron chi connectivity index (χ0n) is 19.4. The highest BCUT2D eigenvalue weighted by Crippen LogP contribution is 2.54. The molecule has 0 radical (unpaired) electrons. The molecule has 0 aromatic heterocycles. The molecule has 2 fully saturated rings. The molecular weight excluding hydrogens is 332 g/mol. The maximum absolute atomic E-state index is 11.2. The van der Waals surface area contributed by atoms with Crippen LogP contribution in [0, 0.1) is 52.8 Å². The van der Waals surface area contributed by atoms with Crippen molar-refractivity contribution in [1.29, 1.82) is 0 Å². The first-order valence-corrected chi connectivity index (χ1v) is 11.9. The van der Waals surface area contributed by atoms with E-state index in [0.29, 0.717) is 35.5 Å². The summed E-state index contributed by atoms with van der Waals surface area (Å²) in [6.07, 6.45) is 6.54. The second-order valence-electron chi connectivity index (χ2n) is 11.2. The number of hydrogen-bond acceptors (Lipinski definition) is 2. The maximum Gasteiger partial charge on any atom is 0.0599 e. The van der Waals surface area contributed by atoms with Crippen LogP contribution in [0.2, 0.25) is 0 Å². The third-order valence-corrected chi connectivity index (χ3v) is 9.26. The number of aliphatic hydroxyl groups is 2. The van der Waals surface area contributed by atoms with Gasteiger partial charge in [-0.1, -0.05) is 68.2 Å². The summed E-state index contributed by atoms with van der Waals surface area (Å²) >= 11 is 0. The molecule has 2 N–H and O–H groups in total. The molecule has 0 aromatic carbocycles. The molecule has 0 bridgehead atoms. The average Bonchev–Trinajstić information content (AvgIpc) is 2.63. The molecule has 2 aliphatic rings. The highest BCUT2D eigenvalue weighted by atomic mass is 16.3. The normalized spacial score (nSPS) is 43.3. The lowest BCUT2D eigenvalue weighted by molar-refractivity contribution is -0.126. The number of rotatable bonds is 6. The Hall–Kier alpha value is -0.0800. The minimum atomic E-state index is -0.230. The van der Waals surface area contributed by atoms with Crippen molar-refractivity contribution in [3.05, 3.63) is 0 Å². The summed E-state index contributed by atoms with van der Waals surface area (Å²) in [6, 6.07) is 0. The molecule has 2 nitrogen and oxygen atoms in total. The van der Waals surface area contributed by atoms with Crippen molar-refractivity contribution in [2.75, 3.05) is 0 Å². The predicted octanol–water partition coefficient (Wildman–Crippen LogP) is 6.15. The van der Waals surface area contributed by atoms with E-state index in [1.807, 2.05) is 0 Å². The maximum atomic E-state index is 11.2. The lowest BCUT2D eigenvalue weighted by atomic mass is 9.53. The molecule has 0 spiro atoms. The first kappa shape index (κ1) is 23.2. The summed E-state index contributed by atoms with van der Waals surface area (Å²) in [5.41, 5.74) is -0.0282. The van der Waals surface area contributed by atoms with E-state index in [-0.39, 0.29) is 17.6 Å². The van der Waals surface area contributed by atoms with Gasteiger partial charge >= 0.3 is 0 Å². The molecule has 0 amide bonds. The Bertz CT molecular complexity index is 419. The van der Waals surface area contributed by atoms with Crippen LogP contribution < -0.4 is 0 Å². The molecule has 160 valence electrons. The monoisotopic (exact) mass is 380 g/mol. The molecule has 2 heteroatoms. The van der Waals surface area contributed by atoms with Gasteiger partial charge in [-0.2, -0.15) is 0 Å². The van der Waals surface area contributed by atoms with Crippen LogP contribution in [0.3, 0.4) is 0 Å². The van der Waals surface area contributed by atoms with Gasteiger partial charge < -0.3 is 10.2 Å². The van der Waals surface area contributed by atoms with Crippen molar-refractivity contribution >= 4 is 0 Å². The van der Waals surface area contributed by atoms with E-state index in [2.05, 4.69) is 55.4 Å². The molecular formula is C25H48O2. The van der Waals surface area contributed by atoms with E-state index in [0.717, 1.165) is 37.5 Å². The molecule has 2 rings (SSSR count). The number of aliphatic hydroxyl groups excluding tert-OH is 2. The smallest absolute Gasteiger partial charge is 0.0599 e. The molecule has 0 saturated heterocycles. The fourth-order valence-electron chi connectivity index (χ4n) is 6.51. The van der Waals surface area contributed by atoms with Crippen LogP contribution >= 0.6 is 0 Å². The van der Waals surface area contributed by atoms with Crippen LogP contribution in [-0.2, 0) is 0 Å². The Balaban J connectivity index is 2.27. The standard InChI is InChI=1S/C25H48O2/c1-9-15(3)19-11-17(5)23(26)21(13-19)25(7,8)22-14-20(16(4)10-2)12-18(6)24(22)27/h15-24,26-27H,9-14H2,1-8H3. The summed E-state index contributed by atoms with van der Waals surface area (Å²) < 4.78 is 0. The van der Waals surface area contributed by atoms with Gasteiger partial charge in [-0.25, -0.2) is 0 Å². The summed E-state index contributed by atoms with van der Waals surface area (Å²) in [4.78, 5) is 0. The van der Waals surface area contributed by atoms with E-state index in [1.54, 1.807) is 0 Å². The zero-order chi connectivity index (χ0) is 20.5. The van der Waals surface area contributed by atoms with Gasteiger partial charge in [0.15, 0.2) is 0 Å². The molecule has 27 heavy (non-hydrogen) atoms. The van der Waals surface area contributed by atoms with Crippen LogP contribution in [0.4, 0.5) is 0 Å². The van der Waals surface area contributed by atoms with E-state index in [4.69, 9.17) is 0 Å². The molecule has 0 aliphatic heterocycles. The largest absolute Gasteiger partial charge is 0.393 e. The lowest BCUT2D eigenvalue weighted by Gasteiger charge is -2.54. The summed E-state index contributed by atoms with van der Waals surface area (Å²) in [5, 5.41) is 22.3. The van der Waals surface area contributed by atoms with Crippen molar-refractivity contribution < 1.29 is 10.2 Å². The summed E-state index contributed by atoms with van der Waals surface area (Å²) in [5.74, 6) is 4.19. The Labute approximate surface area is 169 Å².